The summed E-state index contributed by atoms with van der Waals surface area (Å²) in [6, 6.07) is 15.9. The number of carbonyl (C=O) groups excluding carboxylic acids is 1. The largest absolute Gasteiger partial charge is 0.495 e. The van der Waals surface area contributed by atoms with Gasteiger partial charge in [0.15, 0.2) is 5.16 Å². The Bertz CT molecular complexity index is 1000. The van der Waals surface area contributed by atoms with Crippen LogP contribution < -0.4 is 9.64 Å². The molecule has 0 bridgehead atoms. The topological polar surface area (TPSA) is 60.2 Å². The SMILES string of the molecule is COc1ccccc1-n1cnnc1S[C@H](C)C(=O)N1c2ccccc2C[C@H]1C. The molecule has 0 unspecified atom stereocenters. The highest BCUT2D eigenvalue weighted by Gasteiger charge is 2.34. The lowest BCUT2D eigenvalue weighted by Gasteiger charge is -2.25. The summed E-state index contributed by atoms with van der Waals surface area (Å²) >= 11 is 1.41. The zero-order valence-corrected chi connectivity index (χ0v) is 16.9. The maximum atomic E-state index is 13.2. The zero-order chi connectivity index (χ0) is 19.7. The summed E-state index contributed by atoms with van der Waals surface area (Å²) < 4.78 is 7.31. The van der Waals surface area contributed by atoms with Crippen molar-refractivity contribution in [3.8, 4) is 11.4 Å². The van der Waals surface area contributed by atoms with Gasteiger partial charge in [0.05, 0.1) is 18.0 Å². The van der Waals surface area contributed by atoms with E-state index in [2.05, 4.69) is 23.2 Å². The molecule has 6 nitrogen and oxygen atoms in total. The van der Waals surface area contributed by atoms with Crippen LogP contribution in [0.1, 0.15) is 19.4 Å². The van der Waals surface area contributed by atoms with Crippen LogP contribution >= 0.6 is 11.8 Å². The van der Waals surface area contributed by atoms with Crippen molar-refractivity contribution in [2.75, 3.05) is 12.0 Å². The average molecular weight is 395 g/mol. The number of methoxy groups -OCH3 is 1. The van der Waals surface area contributed by atoms with Gasteiger partial charge in [-0.2, -0.15) is 0 Å². The maximum absolute atomic E-state index is 13.2. The molecule has 2 aromatic carbocycles. The first-order chi connectivity index (χ1) is 13.6. The summed E-state index contributed by atoms with van der Waals surface area (Å²) in [6.07, 6.45) is 2.53. The van der Waals surface area contributed by atoms with Crippen molar-refractivity contribution in [2.45, 2.75) is 36.7 Å². The number of carbonyl (C=O) groups is 1. The Morgan fingerprint density at radius 1 is 1.18 bits per heavy atom. The fourth-order valence-electron chi connectivity index (χ4n) is 3.60. The second-order valence-electron chi connectivity index (χ2n) is 6.81. The molecule has 7 heteroatoms. The maximum Gasteiger partial charge on any atom is 0.240 e. The second-order valence-corrected chi connectivity index (χ2v) is 8.11. The van der Waals surface area contributed by atoms with Gasteiger partial charge in [0, 0.05) is 11.7 Å². The summed E-state index contributed by atoms with van der Waals surface area (Å²) in [6.45, 7) is 4.01. The molecule has 2 heterocycles. The molecule has 28 heavy (non-hydrogen) atoms. The Labute approximate surface area is 168 Å². The van der Waals surface area contributed by atoms with Gasteiger partial charge < -0.3 is 9.64 Å². The first-order valence-corrected chi connectivity index (χ1v) is 10.1. The van der Waals surface area contributed by atoms with E-state index in [0.29, 0.717) is 5.16 Å². The van der Waals surface area contributed by atoms with Gasteiger partial charge in [-0.1, -0.05) is 42.1 Å². The number of benzene rings is 2. The van der Waals surface area contributed by atoms with E-state index >= 15 is 0 Å². The van der Waals surface area contributed by atoms with Crippen molar-refractivity contribution in [3.63, 3.8) is 0 Å². The van der Waals surface area contributed by atoms with E-state index < -0.39 is 0 Å². The van der Waals surface area contributed by atoms with Gasteiger partial charge >= 0.3 is 0 Å². The van der Waals surface area contributed by atoms with E-state index in [1.54, 1.807) is 13.4 Å². The van der Waals surface area contributed by atoms with Crippen LogP contribution in [0.4, 0.5) is 5.69 Å². The fourth-order valence-corrected chi connectivity index (χ4v) is 4.49. The molecule has 3 aromatic rings. The van der Waals surface area contributed by atoms with Gasteiger partial charge in [0.25, 0.3) is 0 Å². The van der Waals surface area contributed by atoms with Crippen LogP contribution in [-0.4, -0.2) is 39.1 Å². The number of ether oxygens (including phenoxy) is 1. The first kappa shape index (κ1) is 18.6. The van der Waals surface area contributed by atoms with Crippen molar-refractivity contribution in [3.05, 3.63) is 60.4 Å². The number of fused-ring (bicyclic) bond motifs is 1. The molecule has 0 aliphatic carbocycles. The molecular weight excluding hydrogens is 372 g/mol. The van der Waals surface area contributed by atoms with Gasteiger partial charge in [-0.25, -0.2) is 0 Å². The molecule has 2 atom stereocenters. The minimum atomic E-state index is -0.300. The highest BCUT2D eigenvalue weighted by Crippen LogP contribution is 2.35. The Kier molecular flexibility index (Phi) is 5.09. The van der Waals surface area contributed by atoms with Crippen LogP contribution in [0.5, 0.6) is 5.75 Å². The van der Waals surface area contributed by atoms with E-state index in [1.165, 1.54) is 17.3 Å². The minimum Gasteiger partial charge on any atom is -0.495 e. The van der Waals surface area contributed by atoms with Crippen molar-refractivity contribution >= 4 is 23.4 Å². The predicted molar refractivity (Wildman–Crippen MR) is 110 cm³/mol. The third kappa shape index (κ3) is 3.26. The van der Waals surface area contributed by atoms with Gasteiger partial charge in [0.2, 0.25) is 5.91 Å². The molecule has 0 N–H and O–H groups in total. The summed E-state index contributed by atoms with van der Waals surface area (Å²) in [5.74, 6) is 0.808. The number of thioether (sulfide) groups is 1. The second kappa shape index (κ2) is 7.67. The number of para-hydroxylation sites is 3. The smallest absolute Gasteiger partial charge is 0.240 e. The van der Waals surface area contributed by atoms with E-state index in [4.69, 9.17) is 4.74 Å². The number of rotatable bonds is 5. The molecule has 1 amide bonds. The summed E-state index contributed by atoms with van der Waals surface area (Å²) in [7, 11) is 1.63. The highest BCUT2D eigenvalue weighted by molar-refractivity contribution is 8.00. The average Bonchev–Trinajstić information content (AvgIpc) is 3.30. The van der Waals surface area contributed by atoms with Crippen molar-refractivity contribution in [2.24, 2.45) is 0 Å². The Hall–Kier alpha value is -2.80. The molecule has 0 saturated heterocycles. The fraction of sp³-hybridized carbons (Fsp3) is 0.286. The van der Waals surface area contributed by atoms with Crippen molar-refractivity contribution < 1.29 is 9.53 Å². The van der Waals surface area contributed by atoms with Gasteiger partial charge in [-0.3, -0.25) is 9.36 Å². The number of anilines is 1. The van der Waals surface area contributed by atoms with Gasteiger partial charge in [0.1, 0.15) is 12.1 Å². The monoisotopic (exact) mass is 394 g/mol. The van der Waals surface area contributed by atoms with Gasteiger partial charge in [-0.15, -0.1) is 10.2 Å². The van der Waals surface area contributed by atoms with Crippen LogP contribution in [0, 0.1) is 0 Å². The normalized spacial score (nSPS) is 16.7. The molecule has 0 spiro atoms. The molecule has 1 aromatic heterocycles. The van der Waals surface area contributed by atoms with Crippen molar-refractivity contribution in [1.82, 2.24) is 14.8 Å². The molecule has 1 aliphatic rings. The number of hydrogen-bond donors (Lipinski definition) is 0. The van der Waals surface area contributed by atoms with E-state index in [0.717, 1.165) is 23.5 Å². The standard InChI is InChI=1S/C21H22N4O2S/c1-14-12-16-8-4-5-9-17(16)25(14)20(26)15(2)28-21-23-22-13-24(21)18-10-6-7-11-19(18)27-3/h4-11,13-15H,12H2,1-3H3/t14-,15-/m1/s1. The van der Waals surface area contributed by atoms with Crippen LogP contribution in [0.25, 0.3) is 5.69 Å². The number of hydrogen-bond acceptors (Lipinski definition) is 5. The van der Waals surface area contributed by atoms with Crippen LogP contribution in [0.15, 0.2) is 60.0 Å². The molecule has 0 fully saturated rings. The Balaban J connectivity index is 1.58. The first-order valence-electron chi connectivity index (χ1n) is 9.21. The predicted octanol–water partition coefficient (Wildman–Crippen LogP) is 3.73. The molecular formula is C21H22N4O2S. The third-order valence-corrected chi connectivity index (χ3v) is 5.98. The molecule has 1 aliphatic heterocycles. The van der Waals surface area contributed by atoms with Crippen LogP contribution in [0.2, 0.25) is 0 Å². The van der Waals surface area contributed by atoms with Crippen molar-refractivity contribution in [1.29, 1.82) is 0 Å². The summed E-state index contributed by atoms with van der Waals surface area (Å²) in [5, 5.41) is 8.63. The summed E-state index contributed by atoms with van der Waals surface area (Å²) in [5.41, 5.74) is 3.08. The Morgan fingerprint density at radius 3 is 2.68 bits per heavy atom. The lowest BCUT2D eigenvalue weighted by molar-refractivity contribution is -0.118. The van der Waals surface area contributed by atoms with Gasteiger partial charge in [-0.05, 0) is 44.0 Å². The molecule has 4 rings (SSSR count). The third-order valence-electron chi connectivity index (χ3n) is 4.94. The lowest BCUT2D eigenvalue weighted by atomic mass is 10.1. The lowest BCUT2D eigenvalue weighted by Crippen LogP contribution is -2.40. The zero-order valence-electron chi connectivity index (χ0n) is 16.1. The van der Waals surface area contributed by atoms with E-state index in [-0.39, 0.29) is 17.2 Å². The van der Waals surface area contributed by atoms with E-state index in [1.807, 2.05) is 58.9 Å². The molecule has 0 radical (unpaired) electrons. The minimum absolute atomic E-state index is 0.0806. The van der Waals surface area contributed by atoms with E-state index in [9.17, 15) is 4.79 Å². The van der Waals surface area contributed by atoms with Crippen LogP contribution in [0.3, 0.4) is 0 Å². The number of aromatic nitrogens is 3. The number of nitrogens with zero attached hydrogens (tertiary/aromatic N) is 4. The Morgan fingerprint density at radius 2 is 1.89 bits per heavy atom. The molecule has 0 saturated carbocycles. The number of amides is 1. The van der Waals surface area contributed by atoms with Crippen LogP contribution in [-0.2, 0) is 11.2 Å². The molecule has 144 valence electrons. The quantitative estimate of drug-likeness (QED) is 0.617. The summed E-state index contributed by atoms with van der Waals surface area (Å²) in [4.78, 5) is 15.2. The highest BCUT2D eigenvalue weighted by atomic mass is 32.2.